The molecule has 1 aliphatic carbocycles. The molecular formula is C82H66BN3O. The fourth-order valence-corrected chi connectivity index (χ4v) is 14.3. The number of benzene rings is 12. The second-order valence-corrected chi connectivity index (χ2v) is 25.9. The van der Waals surface area contributed by atoms with Gasteiger partial charge in [0.1, 0.15) is 11.5 Å². The number of nitrogens with zero attached hydrogens (tertiary/aromatic N) is 3. The summed E-state index contributed by atoms with van der Waals surface area (Å²) < 4.78 is 9.97. The summed E-state index contributed by atoms with van der Waals surface area (Å²) in [5.41, 5.74) is 23.1. The van der Waals surface area contributed by atoms with Crippen LogP contribution in [0.3, 0.4) is 0 Å². The van der Waals surface area contributed by atoms with Gasteiger partial charge >= 0.3 is 0 Å². The zero-order valence-corrected chi connectivity index (χ0v) is 50.1. The summed E-state index contributed by atoms with van der Waals surface area (Å²) >= 11 is 0. The summed E-state index contributed by atoms with van der Waals surface area (Å²) in [6, 6.07) is 93.1. The van der Waals surface area contributed by atoms with Crippen LogP contribution in [0, 0.1) is 0 Å². The van der Waals surface area contributed by atoms with Gasteiger partial charge in [-0.1, -0.05) is 236 Å². The molecule has 3 aliphatic rings. The van der Waals surface area contributed by atoms with Crippen LogP contribution in [0.5, 0.6) is 11.5 Å². The number of rotatable bonds is 8. The highest BCUT2D eigenvalue weighted by Gasteiger charge is 2.44. The summed E-state index contributed by atoms with van der Waals surface area (Å²) in [6.07, 6.45) is 8.75. The molecule has 3 heterocycles. The Bertz CT molecular complexity index is 4810. The first-order valence-electron chi connectivity index (χ1n) is 30.8. The third-order valence-corrected chi connectivity index (χ3v) is 18.5. The van der Waals surface area contributed by atoms with E-state index in [4.69, 9.17) is 4.74 Å². The maximum absolute atomic E-state index is 7.56. The number of ether oxygens (including phenoxy) is 1. The molecule has 1 aromatic heterocycles. The van der Waals surface area contributed by atoms with Crippen molar-refractivity contribution in [1.29, 1.82) is 0 Å². The van der Waals surface area contributed by atoms with E-state index in [-0.39, 0.29) is 17.5 Å². The van der Waals surface area contributed by atoms with E-state index in [1.807, 2.05) is 0 Å². The number of hydrogen-bond acceptors (Lipinski definition) is 3. The first-order chi connectivity index (χ1) is 42.5. The van der Waals surface area contributed by atoms with E-state index < -0.39 is 0 Å². The summed E-state index contributed by atoms with van der Waals surface area (Å²) in [4.78, 5) is 5.18. The Morgan fingerprint density at radius 3 is 1.55 bits per heavy atom. The summed E-state index contributed by atoms with van der Waals surface area (Å²) in [7, 11) is 0. The molecule has 0 N–H and O–H groups in total. The molecular weight excluding hydrogens is 1050 g/mol. The number of para-hydroxylation sites is 3. The summed E-state index contributed by atoms with van der Waals surface area (Å²) in [5, 5.41) is 7.29. The van der Waals surface area contributed by atoms with Crippen molar-refractivity contribution in [3.8, 4) is 50.6 Å². The number of anilines is 5. The van der Waals surface area contributed by atoms with Crippen LogP contribution in [0.25, 0.3) is 82.4 Å². The molecule has 0 atom stereocenters. The van der Waals surface area contributed by atoms with Gasteiger partial charge in [-0.05, 0) is 151 Å². The lowest BCUT2D eigenvalue weighted by atomic mass is 9.34. The van der Waals surface area contributed by atoms with Crippen LogP contribution < -0.4 is 30.9 Å². The maximum atomic E-state index is 7.56. The van der Waals surface area contributed by atoms with Gasteiger partial charge < -0.3 is 19.1 Å². The van der Waals surface area contributed by atoms with Gasteiger partial charge in [-0.2, -0.15) is 0 Å². The van der Waals surface area contributed by atoms with Crippen LogP contribution in [-0.4, -0.2) is 11.3 Å². The second kappa shape index (κ2) is 20.3. The van der Waals surface area contributed by atoms with E-state index in [1.165, 1.54) is 93.5 Å². The van der Waals surface area contributed by atoms with Crippen LogP contribution >= 0.6 is 0 Å². The molecule has 0 saturated heterocycles. The van der Waals surface area contributed by atoms with Crippen molar-refractivity contribution in [2.24, 2.45) is 0 Å². The fourth-order valence-electron chi connectivity index (χ4n) is 14.3. The van der Waals surface area contributed by atoms with Gasteiger partial charge in [0, 0.05) is 67.2 Å². The van der Waals surface area contributed by atoms with E-state index in [9.17, 15) is 0 Å². The van der Waals surface area contributed by atoms with Gasteiger partial charge in [-0.3, -0.25) is 0 Å². The Kier molecular flexibility index (Phi) is 12.2. The quantitative estimate of drug-likeness (QED) is 0.112. The predicted octanol–water partition coefficient (Wildman–Crippen LogP) is 20.5. The molecule has 0 spiro atoms. The fraction of sp³-hybridized carbons (Fsp3) is 0.122. The first kappa shape index (κ1) is 52.5. The molecule has 0 amide bonds. The molecule has 0 radical (unpaired) electrons. The van der Waals surface area contributed by atoms with Crippen molar-refractivity contribution in [1.82, 2.24) is 4.57 Å². The van der Waals surface area contributed by atoms with Gasteiger partial charge in [0.15, 0.2) is 0 Å². The van der Waals surface area contributed by atoms with Gasteiger partial charge in [0.2, 0.25) is 0 Å². The molecule has 5 heteroatoms. The Balaban J connectivity index is 1.02. The van der Waals surface area contributed by atoms with Gasteiger partial charge in [0.25, 0.3) is 6.71 Å². The van der Waals surface area contributed by atoms with E-state index in [2.05, 4.69) is 323 Å². The number of allylic oxidation sites excluding steroid dienone is 4. The molecule has 4 nitrogen and oxygen atoms in total. The number of fused-ring (bicyclic) bond motifs is 9. The van der Waals surface area contributed by atoms with Gasteiger partial charge in [-0.25, -0.2) is 0 Å². The molecule has 2 aliphatic heterocycles. The van der Waals surface area contributed by atoms with E-state index in [1.54, 1.807) is 0 Å². The highest BCUT2D eigenvalue weighted by molar-refractivity contribution is 6.99. The van der Waals surface area contributed by atoms with Crippen LogP contribution in [-0.2, 0) is 10.8 Å². The molecule has 13 aromatic rings. The lowest BCUT2D eigenvalue weighted by Crippen LogP contribution is -2.59. The Labute approximate surface area is 510 Å². The smallest absolute Gasteiger partial charge is 0.256 e. The van der Waals surface area contributed by atoms with Gasteiger partial charge in [0.05, 0.1) is 22.4 Å². The highest BCUT2D eigenvalue weighted by atomic mass is 16.5. The third-order valence-electron chi connectivity index (χ3n) is 18.5. The average Bonchev–Trinajstić information content (AvgIpc) is 1.43. The molecule has 0 fully saturated rings. The Morgan fingerprint density at radius 1 is 0.448 bits per heavy atom. The zero-order chi connectivity index (χ0) is 58.7. The minimum absolute atomic E-state index is 0.154. The average molecular weight is 1120 g/mol. The minimum Gasteiger partial charge on any atom is -0.458 e. The van der Waals surface area contributed by atoms with Crippen molar-refractivity contribution in [3.63, 3.8) is 0 Å². The second-order valence-electron chi connectivity index (χ2n) is 25.9. The van der Waals surface area contributed by atoms with E-state index in [0.717, 1.165) is 74.9 Å². The normalized spacial score (nSPS) is 13.6. The van der Waals surface area contributed by atoms with Gasteiger partial charge in [-0.15, -0.1) is 0 Å². The minimum atomic E-state index is -0.235. The van der Waals surface area contributed by atoms with Crippen LogP contribution in [0.4, 0.5) is 28.4 Å². The molecule has 87 heavy (non-hydrogen) atoms. The third kappa shape index (κ3) is 8.57. The zero-order valence-electron chi connectivity index (χ0n) is 50.1. The lowest BCUT2D eigenvalue weighted by molar-refractivity contribution is 0.483. The Morgan fingerprint density at radius 2 is 0.977 bits per heavy atom. The largest absolute Gasteiger partial charge is 0.458 e. The van der Waals surface area contributed by atoms with Crippen LogP contribution in [0.2, 0.25) is 0 Å². The number of hydrogen-bond donors (Lipinski definition) is 0. The highest BCUT2D eigenvalue weighted by Crippen LogP contribution is 2.54. The maximum Gasteiger partial charge on any atom is 0.256 e. The van der Waals surface area contributed by atoms with Crippen LogP contribution in [0.15, 0.2) is 273 Å². The molecule has 0 saturated carbocycles. The predicted molar refractivity (Wildman–Crippen MR) is 370 cm³/mol. The van der Waals surface area contributed by atoms with Crippen molar-refractivity contribution in [2.45, 2.75) is 65.2 Å². The molecule has 0 bridgehead atoms. The Hall–Kier alpha value is -10.1. The summed E-state index contributed by atoms with van der Waals surface area (Å²) in [5.74, 6) is 1.76. The topological polar surface area (TPSA) is 20.6 Å². The van der Waals surface area contributed by atoms with Crippen molar-refractivity contribution in [2.75, 3.05) is 9.80 Å². The van der Waals surface area contributed by atoms with Crippen LogP contribution in [0.1, 0.15) is 65.5 Å². The van der Waals surface area contributed by atoms with Crippen molar-refractivity contribution >= 4 is 94.9 Å². The molecule has 0 unspecified atom stereocenters. The van der Waals surface area contributed by atoms with Crippen molar-refractivity contribution < 1.29 is 4.74 Å². The van der Waals surface area contributed by atoms with E-state index in [0.29, 0.717) is 0 Å². The monoisotopic (exact) mass is 1120 g/mol. The molecule has 418 valence electrons. The lowest BCUT2D eigenvalue weighted by Gasteiger charge is -2.43. The van der Waals surface area contributed by atoms with Crippen molar-refractivity contribution in [3.05, 3.63) is 284 Å². The molecule has 12 aromatic carbocycles. The SMILES string of the molecule is CC(C)(C)c1cc(-c2ccccc2)c(N2c3cc(-c4c5ccccc5c(N(C5=CC=CCC5)c5ccccc5)c5ccccc45)ccc3B3c4ccc(-n5c6ccccc6c6ccccc65)cc4Oc4cc(C(C)(C)C)cc2c43)c(-c2ccccc2)c1. The summed E-state index contributed by atoms with van der Waals surface area (Å²) in [6.45, 7) is 13.8. The van der Waals surface area contributed by atoms with E-state index >= 15 is 0 Å². The first-order valence-corrected chi connectivity index (χ1v) is 30.8. The standard InChI is InChI=1S/C82H66BN3O/c1-81(2,3)56-48-67(53-27-11-7-12-28-53)80(68(49-56)54-29-13-8-14-30-54)86-73-47-55(77-63-37-19-21-39-65(63)79(66-40-22-20-38-64(66)77)84(58-31-15-9-16-32-58)59-33-17-10-18-34-59)43-45-69(73)83-70-46-44-60(85-71-41-25-23-35-61(71)62-36-24-26-42-72(62)85)52-75(70)87-76-51-57(82(4,5)6)50-74(86)78(76)83/h7-17,19-33,35-52H,18,34H2,1-6H3. The number of aromatic nitrogens is 1. The molecule has 16 rings (SSSR count).